The van der Waals surface area contributed by atoms with E-state index in [0.29, 0.717) is 5.56 Å². The quantitative estimate of drug-likeness (QED) is 0.728. The summed E-state index contributed by atoms with van der Waals surface area (Å²) in [6, 6.07) is 4.18. The van der Waals surface area contributed by atoms with Crippen molar-refractivity contribution >= 4 is 5.97 Å². The minimum Gasteiger partial charge on any atom is -0.478 e. The Labute approximate surface area is 77.0 Å². The Morgan fingerprint density at radius 1 is 1.38 bits per heavy atom. The van der Waals surface area contributed by atoms with E-state index in [4.69, 9.17) is 5.11 Å². The highest BCUT2D eigenvalue weighted by Crippen LogP contribution is 2.11. The highest BCUT2D eigenvalue weighted by Gasteiger charge is 2.11. The lowest BCUT2D eigenvalue weighted by Gasteiger charge is -1.99. The van der Waals surface area contributed by atoms with Crippen molar-refractivity contribution in [2.24, 2.45) is 0 Å². The normalized spacial score (nSPS) is 8.62. The van der Waals surface area contributed by atoms with Gasteiger partial charge in [0.15, 0.2) is 0 Å². The predicted octanol–water partition coefficient (Wildman–Crippen LogP) is 2.86. The van der Waals surface area contributed by atoms with Crippen LogP contribution < -0.4 is 0 Å². The van der Waals surface area contributed by atoms with E-state index < -0.39 is 11.8 Å². The molecule has 1 aromatic carbocycles. The third-order valence-electron chi connectivity index (χ3n) is 1.44. The predicted molar refractivity (Wildman–Crippen MR) is 49.4 cm³/mol. The summed E-state index contributed by atoms with van der Waals surface area (Å²) in [5, 5.41) is 8.51. The SMILES string of the molecule is CC.Cc1cccc(F)c1C(=O)O. The van der Waals surface area contributed by atoms with E-state index >= 15 is 0 Å². The molecule has 0 aromatic heterocycles. The van der Waals surface area contributed by atoms with Gasteiger partial charge < -0.3 is 5.11 Å². The maximum absolute atomic E-state index is 12.7. The lowest BCUT2D eigenvalue weighted by atomic mass is 10.1. The van der Waals surface area contributed by atoms with Crippen molar-refractivity contribution < 1.29 is 14.3 Å². The first-order chi connectivity index (χ1) is 6.13. The molecule has 0 spiro atoms. The molecule has 13 heavy (non-hydrogen) atoms. The highest BCUT2D eigenvalue weighted by molar-refractivity contribution is 5.89. The molecule has 1 N–H and O–H groups in total. The van der Waals surface area contributed by atoms with E-state index in [1.807, 2.05) is 13.8 Å². The molecule has 0 saturated carbocycles. The van der Waals surface area contributed by atoms with Crippen molar-refractivity contribution in [2.75, 3.05) is 0 Å². The summed E-state index contributed by atoms with van der Waals surface area (Å²) in [5.74, 6) is -1.90. The molecule has 0 unspecified atom stereocenters. The topological polar surface area (TPSA) is 37.3 Å². The van der Waals surface area contributed by atoms with Crippen molar-refractivity contribution in [1.29, 1.82) is 0 Å². The van der Waals surface area contributed by atoms with Crippen molar-refractivity contribution in [3.8, 4) is 0 Å². The first-order valence-corrected chi connectivity index (χ1v) is 4.11. The van der Waals surface area contributed by atoms with Crippen LogP contribution in [0, 0.1) is 12.7 Å². The molecule has 1 aromatic rings. The van der Waals surface area contributed by atoms with Crippen LogP contribution in [0.5, 0.6) is 0 Å². The van der Waals surface area contributed by atoms with Gasteiger partial charge in [0.2, 0.25) is 0 Å². The summed E-state index contributed by atoms with van der Waals surface area (Å²) in [6.07, 6.45) is 0. The zero-order valence-corrected chi connectivity index (χ0v) is 7.97. The Kier molecular flexibility index (Phi) is 4.74. The summed E-state index contributed by atoms with van der Waals surface area (Å²) >= 11 is 0. The monoisotopic (exact) mass is 184 g/mol. The number of benzene rings is 1. The van der Waals surface area contributed by atoms with Gasteiger partial charge in [-0.2, -0.15) is 0 Å². The lowest BCUT2D eigenvalue weighted by molar-refractivity contribution is 0.0691. The molecule has 0 aliphatic carbocycles. The van der Waals surface area contributed by atoms with Gasteiger partial charge in [-0.1, -0.05) is 26.0 Å². The second kappa shape index (κ2) is 5.30. The molecule has 72 valence electrons. The average molecular weight is 184 g/mol. The highest BCUT2D eigenvalue weighted by atomic mass is 19.1. The van der Waals surface area contributed by atoms with Gasteiger partial charge in [0.25, 0.3) is 0 Å². The van der Waals surface area contributed by atoms with Crippen LogP contribution in [-0.2, 0) is 0 Å². The van der Waals surface area contributed by atoms with Gasteiger partial charge in [0.1, 0.15) is 5.82 Å². The van der Waals surface area contributed by atoms with Crippen LogP contribution in [0.1, 0.15) is 29.8 Å². The molecule has 0 atom stereocenters. The zero-order valence-electron chi connectivity index (χ0n) is 7.97. The molecular weight excluding hydrogens is 171 g/mol. The molecule has 0 aliphatic rings. The number of aromatic carboxylic acids is 1. The van der Waals surface area contributed by atoms with E-state index in [9.17, 15) is 9.18 Å². The maximum atomic E-state index is 12.7. The second-order valence-corrected chi connectivity index (χ2v) is 2.24. The van der Waals surface area contributed by atoms with Crippen molar-refractivity contribution in [2.45, 2.75) is 20.8 Å². The molecule has 2 nitrogen and oxygen atoms in total. The van der Waals surface area contributed by atoms with Gasteiger partial charge in [-0.15, -0.1) is 0 Å². The van der Waals surface area contributed by atoms with Gasteiger partial charge in [-0.25, -0.2) is 9.18 Å². The number of carboxylic acids is 1. The minimum absolute atomic E-state index is 0.243. The van der Waals surface area contributed by atoms with Gasteiger partial charge in [0, 0.05) is 0 Å². The molecule has 0 fully saturated rings. The smallest absolute Gasteiger partial charge is 0.338 e. The van der Waals surface area contributed by atoms with Crippen LogP contribution >= 0.6 is 0 Å². The molecule has 0 heterocycles. The summed E-state index contributed by atoms with van der Waals surface area (Å²) in [6.45, 7) is 5.56. The summed E-state index contributed by atoms with van der Waals surface area (Å²) in [4.78, 5) is 10.4. The largest absolute Gasteiger partial charge is 0.478 e. The number of halogens is 1. The van der Waals surface area contributed by atoms with Gasteiger partial charge in [0.05, 0.1) is 5.56 Å². The van der Waals surface area contributed by atoms with E-state index in [1.165, 1.54) is 6.07 Å². The Morgan fingerprint density at radius 2 is 1.92 bits per heavy atom. The zero-order chi connectivity index (χ0) is 10.4. The van der Waals surface area contributed by atoms with Crippen LogP contribution in [0.3, 0.4) is 0 Å². The fraction of sp³-hybridized carbons (Fsp3) is 0.300. The number of carboxylic acid groups (broad SMARTS) is 1. The van der Waals surface area contributed by atoms with Crippen molar-refractivity contribution in [3.05, 3.63) is 35.1 Å². The van der Waals surface area contributed by atoms with Crippen molar-refractivity contribution in [3.63, 3.8) is 0 Å². The van der Waals surface area contributed by atoms with Crippen LogP contribution in [0.15, 0.2) is 18.2 Å². The first-order valence-electron chi connectivity index (χ1n) is 4.11. The fourth-order valence-electron chi connectivity index (χ4n) is 0.903. The molecule has 0 bridgehead atoms. The number of carbonyl (C=O) groups is 1. The molecule has 1 rings (SSSR count). The van der Waals surface area contributed by atoms with E-state index in [1.54, 1.807) is 13.0 Å². The average Bonchev–Trinajstić information content (AvgIpc) is 2.07. The van der Waals surface area contributed by atoms with E-state index in [-0.39, 0.29) is 5.56 Å². The molecule has 0 amide bonds. The maximum Gasteiger partial charge on any atom is 0.338 e. The molecular formula is C10H13FO2. The second-order valence-electron chi connectivity index (χ2n) is 2.24. The van der Waals surface area contributed by atoms with Crippen LogP contribution in [0.2, 0.25) is 0 Å². The Morgan fingerprint density at radius 3 is 2.23 bits per heavy atom. The first kappa shape index (κ1) is 11.6. The number of aryl methyl sites for hydroxylation is 1. The molecule has 0 radical (unpaired) electrons. The molecule has 3 heteroatoms. The minimum atomic E-state index is -1.22. The lowest BCUT2D eigenvalue weighted by Crippen LogP contribution is -2.02. The molecule has 0 aliphatic heterocycles. The number of hydrogen-bond donors (Lipinski definition) is 1. The summed E-state index contributed by atoms with van der Waals surface area (Å²) < 4.78 is 12.7. The summed E-state index contributed by atoms with van der Waals surface area (Å²) in [7, 11) is 0. The third kappa shape index (κ3) is 2.86. The number of rotatable bonds is 1. The van der Waals surface area contributed by atoms with E-state index in [2.05, 4.69) is 0 Å². The van der Waals surface area contributed by atoms with Crippen LogP contribution in [0.25, 0.3) is 0 Å². The Balaban J connectivity index is 0.000000671. The van der Waals surface area contributed by atoms with E-state index in [0.717, 1.165) is 6.07 Å². The van der Waals surface area contributed by atoms with Gasteiger partial charge in [-0.3, -0.25) is 0 Å². The van der Waals surface area contributed by atoms with Crippen molar-refractivity contribution in [1.82, 2.24) is 0 Å². The van der Waals surface area contributed by atoms with Crippen LogP contribution in [-0.4, -0.2) is 11.1 Å². The van der Waals surface area contributed by atoms with Crippen LogP contribution in [0.4, 0.5) is 4.39 Å². The number of hydrogen-bond acceptors (Lipinski definition) is 1. The van der Waals surface area contributed by atoms with Gasteiger partial charge in [-0.05, 0) is 18.6 Å². The summed E-state index contributed by atoms with van der Waals surface area (Å²) in [5.41, 5.74) is 0.199. The van der Waals surface area contributed by atoms with Gasteiger partial charge >= 0.3 is 5.97 Å². The standard InChI is InChI=1S/C8H7FO2.C2H6/c1-5-3-2-4-6(9)7(5)8(10)11;1-2/h2-4H,1H3,(H,10,11);1-2H3. The Bertz CT molecular complexity index is 275. The molecule has 0 saturated heterocycles. The third-order valence-corrected chi connectivity index (χ3v) is 1.44. The Hall–Kier alpha value is -1.38. The fourth-order valence-corrected chi connectivity index (χ4v) is 0.903.